The normalized spacial score (nSPS) is 22.4. The van der Waals surface area contributed by atoms with E-state index in [1.807, 2.05) is 31.2 Å². The third kappa shape index (κ3) is 3.48. The Labute approximate surface area is 118 Å². The van der Waals surface area contributed by atoms with Crippen LogP contribution >= 0.6 is 11.6 Å². The molecule has 1 unspecified atom stereocenters. The Kier molecular flexibility index (Phi) is 4.83. The molecule has 0 spiro atoms. The smallest absolute Gasteiger partial charge is 0.305 e. The van der Waals surface area contributed by atoms with Crippen LogP contribution in [0.2, 0.25) is 5.02 Å². The molecule has 1 aliphatic heterocycles. The van der Waals surface area contributed by atoms with Gasteiger partial charge in [-0.15, -0.1) is 0 Å². The summed E-state index contributed by atoms with van der Waals surface area (Å²) >= 11 is 6.05. The number of esters is 1. The maximum absolute atomic E-state index is 11.5. The fourth-order valence-electron chi connectivity index (χ4n) is 2.58. The summed E-state index contributed by atoms with van der Waals surface area (Å²) in [6.45, 7) is 2.97. The van der Waals surface area contributed by atoms with Crippen LogP contribution in [0, 0.1) is 0 Å². The number of hydrogen-bond donors (Lipinski definition) is 0. The maximum Gasteiger partial charge on any atom is 0.305 e. The van der Waals surface area contributed by atoms with E-state index < -0.39 is 0 Å². The van der Waals surface area contributed by atoms with Gasteiger partial charge >= 0.3 is 5.97 Å². The molecule has 0 aliphatic carbocycles. The van der Waals surface area contributed by atoms with Gasteiger partial charge in [-0.3, -0.25) is 4.79 Å². The highest BCUT2D eigenvalue weighted by Crippen LogP contribution is 2.40. The molecule has 1 heterocycles. The van der Waals surface area contributed by atoms with Crippen molar-refractivity contribution in [3.05, 3.63) is 34.9 Å². The zero-order valence-corrected chi connectivity index (χ0v) is 11.9. The summed E-state index contributed by atoms with van der Waals surface area (Å²) in [5.74, 6) is -0.167. The number of halogens is 1. The fraction of sp³-hybridized carbons (Fsp3) is 0.533. The first-order valence-electron chi connectivity index (χ1n) is 6.72. The SMILES string of the molecule is CCOC(=O)CCC1(c2cccc(Cl)c2)CCCO1. The quantitative estimate of drug-likeness (QED) is 0.773. The summed E-state index contributed by atoms with van der Waals surface area (Å²) in [7, 11) is 0. The molecule has 1 aromatic carbocycles. The van der Waals surface area contributed by atoms with Crippen LogP contribution in [0.15, 0.2) is 24.3 Å². The zero-order valence-electron chi connectivity index (χ0n) is 11.2. The minimum absolute atomic E-state index is 0.167. The minimum atomic E-state index is -0.377. The molecule has 1 aliphatic rings. The third-order valence-electron chi connectivity index (χ3n) is 3.49. The Morgan fingerprint density at radius 1 is 1.53 bits per heavy atom. The lowest BCUT2D eigenvalue weighted by molar-refractivity contribution is -0.144. The lowest BCUT2D eigenvalue weighted by Gasteiger charge is -2.29. The summed E-state index contributed by atoms with van der Waals surface area (Å²) in [6.07, 6.45) is 2.95. The monoisotopic (exact) mass is 282 g/mol. The predicted molar refractivity (Wildman–Crippen MR) is 74.2 cm³/mol. The van der Waals surface area contributed by atoms with Crippen LogP contribution in [-0.4, -0.2) is 19.2 Å². The van der Waals surface area contributed by atoms with Gasteiger partial charge in [-0.05, 0) is 43.9 Å². The van der Waals surface area contributed by atoms with Crippen molar-refractivity contribution in [3.63, 3.8) is 0 Å². The standard InChI is InChI=1S/C15H19ClO3/c1-2-18-14(17)7-9-15(8-4-10-19-15)12-5-3-6-13(16)11-12/h3,5-6,11H,2,4,7-10H2,1H3. The highest BCUT2D eigenvalue weighted by molar-refractivity contribution is 6.30. The molecule has 4 heteroatoms. The Morgan fingerprint density at radius 3 is 3.00 bits per heavy atom. The molecular formula is C15H19ClO3. The van der Waals surface area contributed by atoms with Crippen molar-refractivity contribution >= 4 is 17.6 Å². The highest BCUT2D eigenvalue weighted by atomic mass is 35.5. The molecular weight excluding hydrogens is 264 g/mol. The summed E-state index contributed by atoms with van der Waals surface area (Å²) < 4.78 is 10.9. The molecule has 0 saturated carbocycles. The Bertz CT molecular complexity index is 439. The zero-order chi connectivity index (χ0) is 13.7. The van der Waals surface area contributed by atoms with E-state index in [2.05, 4.69) is 0 Å². The number of carbonyl (C=O) groups is 1. The van der Waals surface area contributed by atoms with E-state index in [0.29, 0.717) is 24.5 Å². The van der Waals surface area contributed by atoms with Crippen LogP contribution in [0.4, 0.5) is 0 Å². The topological polar surface area (TPSA) is 35.5 Å². The van der Waals surface area contributed by atoms with E-state index >= 15 is 0 Å². The van der Waals surface area contributed by atoms with Gasteiger partial charge in [0.1, 0.15) is 0 Å². The lowest BCUT2D eigenvalue weighted by Crippen LogP contribution is -2.26. The highest BCUT2D eigenvalue weighted by Gasteiger charge is 2.37. The van der Waals surface area contributed by atoms with Gasteiger partial charge in [0.2, 0.25) is 0 Å². The first kappa shape index (κ1) is 14.4. The van der Waals surface area contributed by atoms with Gasteiger partial charge < -0.3 is 9.47 Å². The first-order valence-corrected chi connectivity index (χ1v) is 7.10. The number of carbonyl (C=O) groups excluding carboxylic acids is 1. The minimum Gasteiger partial charge on any atom is -0.466 e. The molecule has 1 atom stereocenters. The molecule has 2 rings (SSSR count). The summed E-state index contributed by atoms with van der Waals surface area (Å²) in [6, 6.07) is 7.71. The van der Waals surface area contributed by atoms with E-state index in [-0.39, 0.29) is 11.6 Å². The van der Waals surface area contributed by atoms with Gasteiger partial charge in [-0.1, -0.05) is 23.7 Å². The van der Waals surface area contributed by atoms with Gasteiger partial charge in [-0.2, -0.15) is 0 Å². The van der Waals surface area contributed by atoms with Crippen LogP contribution in [0.3, 0.4) is 0 Å². The summed E-state index contributed by atoms with van der Waals surface area (Å²) in [4.78, 5) is 11.5. The van der Waals surface area contributed by atoms with Gasteiger partial charge in [0.15, 0.2) is 0 Å². The largest absolute Gasteiger partial charge is 0.466 e. The van der Waals surface area contributed by atoms with Crippen LogP contribution in [0.5, 0.6) is 0 Å². The van der Waals surface area contributed by atoms with Crippen molar-refractivity contribution < 1.29 is 14.3 Å². The maximum atomic E-state index is 11.5. The average molecular weight is 283 g/mol. The van der Waals surface area contributed by atoms with Crippen molar-refractivity contribution in [1.29, 1.82) is 0 Å². The van der Waals surface area contributed by atoms with Gasteiger partial charge in [0.25, 0.3) is 0 Å². The molecule has 19 heavy (non-hydrogen) atoms. The Morgan fingerprint density at radius 2 is 2.37 bits per heavy atom. The molecule has 1 aromatic rings. The van der Waals surface area contributed by atoms with Crippen molar-refractivity contribution in [2.45, 2.75) is 38.2 Å². The molecule has 0 radical (unpaired) electrons. The van der Waals surface area contributed by atoms with E-state index in [1.54, 1.807) is 0 Å². The van der Waals surface area contributed by atoms with Crippen LogP contribution in [0.1, 0.15) is 38.2 Å². The first-order chi connectivity index (χ1) is 9.16. The van der Waals surface area contributed by atoms with Crippen LogP contribution in [-0.2, 0) is 19.9 Å². The number of benzene rings is 1. The molecule has 1 fully saturated rings. The molecule has 0 N–H and O–H groups in total. The average Bonchev–Trinajstić information content (AvgIpc) is 2.87. The van der Waals surface area contributed by atoms with Gasteiger partial charge in [-0.25, -0.2) is 0 Å². The van der Waals surface area contributed by atoms with E-state index in [9.17, 15) is 4.79 Å². The lowest BCUT2D eigenvalue weighted by atomic mass is 9.86. The van der Waals surface area contributed by atoms with E-state index in [4.69, 9.17) is 21.1 Å². The molecule has 104 valence electrons. The fourth-order valence-corrected chi connectivity index (χ4v) is 2.77. The number of ether oxygens (including phenoxy) is 2. The molecule has 1 saturated heterocycles. The molecule has 0 amide bonds. The summed E-state index contributed by atoms with van der Waals surface area (Å²) in [5.41, 5.74) is 0.680. The number of hydrogen-bond acceptors (Lipinski definition) is 3. The second-order valence-electron chi connectivity index (χ2n) is 4.76. The second kappa shape index (κ2) is 6.40. The molecule has 0 bridgehead atoms. The van der Waals surface area contributed by atoms with Crippen molar-refractivity contribution in [3.8, 4) is 0 Å². The Hall–Kier alpha value is -1.06. The van der Waals surface area contributed by atoms with Crippen LogP contribution in [0.25, 0.3) is 0 Å². The third-order valence-corrected chi connectivity index (χ3v) is 3.73. The van der Waals surface area contributed by atoms with Gasteiger partial charge in [0, 0.05) is 18.1 Å². The predicted octanol–water partition coefficient (Wildman–Crippen LogP) is 3.69. The molecule has 0 aromatic heterocycles. The van der Waals surface area contributed by atoms with Crippen LogP contribution < -0.4 is 0 Å². The van der Waals surface area contributed by atoms with E-state index in [1.165, 1.54) is 0 Å². The van der Waals surface area contributed by atoms with Crippen molar-refractivity contribution in [2.75, 3.05) is 13.2 Å². The van der Waals surface area contributed by atoms with E-state index in [0.717, 1.165) is 25.0 Å². The van der Waals surface area contributed by atoms with Gasteiger partial charge in [0.05, 0.1) is 12.2 Å². The Balaban J connectivity index is 2.12. The van der Waals surface area contributed by atoms with Crippen molar-refractivity contribution in [2.24, 2.45) is 0 Å². The molecule has 3 nitrogen and oxygen atoms in total. The van der Waals surface area contributed by atoms with Crippen molar-refractivity contribution in [1.82, 2.24) is 0 Å². The number of rotatable bonds is 5. The summed E-state index contributed by atoms with van der Waals surface area (Å²) in [5, 5.41) is 0.698. The second-order valence-corrected chi connectivity index (χ2v) is 5.20.